The largest absolute Gasteiger partial charge is 0.481 e. The van der Waals surface area contributed by atoms with Gasteiger partial charge in [0.15, 0.2) is 6.61 Å². The number of nitrogens with one attached hydrogen (secondary N) is 1. The number of carbonyl (C=O) groups excluding carboxylic acids is 1. The number of fused-ring (bicyclic) bond motifs is 1. The van der Waals surface area contributed by atoms with Crippen LogP contribution in [0.2, 0.25) is 5.02 Å². The number of halogens is 1. The molecule has 0 radical (unpaired) electrons. The summed E-state index contributed by atoms with van der Waals surface area (Å²) in [5.74, 6) is 0.493. The Labute approximate surface area is 146 Å². The molecule has 2 aromatic rings. The van der Waals surface area contributed by atoms with Gasteiger partial charge in [-0.1, -0.05) is 24.4 Å². The smallest absolute Gasteiger partial charge is 0.258 e. The van der Waals surface area contributed by atoms with Crippen molar-refractivity contribution in [2.75, 3.05) is 13.2 Å². The molecule has 24 heavy (non-hydrogen) atoms. The van der Waals surface area contributed by atoms with Crippen molar-refractivity contribution in [1.29, 1.82) is 0 Å². The van der Waals surface area contributed by atoms with E-state index in [1.54, 1.807) is 18.3 Å². The van der Waals surface area contributed by atoms with Gasteiger partial charge in [0.05, 0.1) is 5.02 Å². The Hall–Kier alpha value is -1.85. The lowest BCUT2D eigenvalue weighted by atomic mass is 9.85. The second-order valence-corrected chi connectivity index (χ2v) is 6.54. The van der Waals surface area contributed by atoms with Gasteiger partial charge in [0.1, 0.15) is 11.3 Å². The summed E-state index contributed by atoms with van der Waals surface area (Å²) in [6.07, 6.45) is 5.71. The van der Waals surface area contributed by atoms with Crippen LogP contribution in [0, 0.1) is 5.92 Å². The van der Waals surface area contributed by atoms with Crippen LogP contribution in [0.3, 0.4) is 0 Å². The highest BCUT2D eigenvalue weighted by Crippen LogP contribution is 2.29. The molecule has 2 unspecified atom stereocenters. The average molecular weight is 349 g/mol. The lowest BCUT2D eigenvalue weighted by Crippen LogP contribution is -2.45. The van der Waals surface area contributed by atoms with Crippen molar-refractivity contribution in [3.63, 3.8) is 0 Å². The zero-order valence-electron chi connectivity index (χ0n) is 13.4. The minimum absolute atomic E-state index is 0.0277. The third-order valence-electron chi connectivity index (χ3n) is 4.53. The summed E-state index contributed by atoms with van der Waals surface area (Å²) in [6, 6.07) is 7.16. The van der Waals surface area contributed by atoms with Crippen LogP contribution in [0.15, 0.2) is 30.5 Å². The van der Waals surface area contributed by atoms with E-state index in [2.05, 4.69) is 10.3 Å². The summed E-state index contributed by atoms with van der Waals surface area (Å²) in [7, 11) is 0. The molecular weight excluding hydrogens is 328 g/mol. The van der Waals surface area contributed by atoms with Crippen molar-refractivity contribution < 1.29 is 14.6 Å². The highest BCUT2D eigenvalue weighted by atomic mass is 35.5. The van der Waals surface area contributed by atoms with E-state index in [9.17, 15) is 9.90 Å². The minimum atomic E-state index is -0.181. The fourth-order valence-corrected chi connectivity index (χ4v) is 3.45. The average Bonchev–Trinajstić information content (AvgIpc) is 2.62. The number of hydrogen-bond donors (Lipinski definition) is 2. The number of aliphatic hydroxyl groups excluding tert-OH is 1. The number of rotatable bonds is 5. The van der Waals surface area contributed by atoms with Gasteiger partial charge in [-0.2, -0.15) is 0 Å². The molecule has 5 nitrogen and oxygen atoms in total. The Balaban J connectivity index is 1.63. The lowest BCUT2D eigenvalue weighted by Gasteiger charge is -2.30. The topological polar surface area (TPSA) is 71.5 Å². The third-order valence-corrected chi connectivity index (χ3v) is 4.86. The quantitative estimate of drug-likeness (QED) is 0.871. The molecular formula is C18H21ClN2O3. The van der Waals surface area contributed by atoms with Gasteiger partial charge in [0.25, 0.3) is 5.91 Å². The zero-order valence-corrected chi connectivity index (χ0v) is 14.1. The van der Waals surface area contributed by atoms with E-state index in [-0.39, 0.29) is 31.1 Å². The van der Waals surface area contributed by atoms with Crippen molar-refractivity contribution in [3.8, 4) is 5.75 Å². The fraction of sp³-hybridized carbons (Fsp3) is 0.444. The summed E-state index contributed by atoms with van der Waals surface area (Å²) in [5.41, 5.74) is 0.642. The van der Waals surface area contributed by atoms with E-state index in [0.717, 1.165) is 31.1 Å². The van der Waals surface area contributed by atoms with Gasteiger partial charge in [-0.05, 0) is 37.1 Å². The van der Waals surface area contributed by atoms with Crippen LogP contribution >= 0.6 is 11.6 Å². The third kappa shape index (κ3) is 3.79. The van der Waals surface area contributed by atoms with Gasteiger partial charge in [-0.15, -0.1) is 0 Å². The number of nitrogens with zero attached hydrogens (tertiary/aromatic N) is 1. The van der Waals surface area contributed by atoms with Gasteiger partial charge in [0, 0.05) is 30.1 Å². The van der Waals surface area contributed by atoms with E-state index < -0.39 is 0 Å². The number of ether oxygens (including phenoxy) is 1. The van der Waals surface area contributed by atoms with E-state index >= 15 is 0 Å². The van der Waals surface area contributed by atoms with E-state index in [1.165, 1.54) is 0 Å². The van der Waals surface area contributed by atoms with Crippen molar-refractivity contribution >= 4 is 28.4 Å². The standard InChI is InChI=1S/C18H21ClN2O3/c19-14-7-8-16(18-13(14)5-3-9-20-18)24-11-17(23)21-15-6-2-1-4-12(15)10-22/h3,5,7-9,12,15,22H,1-2,4,6,10-11H2,(H,21,23). The normalized spacial score (nSPS) is 20.8. The SMILES string of the molecule is O=C(COc1ccc(Cl)c2cccnc12)NC1CCCCC1CO. The maximum atomic E-state index is 12.2. The van der Waals surface area contributed by atoms with Crippen LogP contribution in [-0.4, -0.2) is 35.3 Å². The molecule has 1 fully saturated rings. The summed E-state index contributed by atoms with van der Waals surface area (Å²) in [4.78, 5) is 16.5. The molecule has 2 atom stereocenters. The second-order valence-electron chi connectivity index (χ2n) is 6.13. The molecule has 1 heterocycles. The Morgan fingerprint density at radius 3 is 3.00 bits per heavy atom. The molecule has 1 saturated carbocycles. The monoisotopic (exact) mass is 348 g/mol. The Bertz CT molecular complexity index is 722. The molecule has 0 aliphatic heterocycles. The predicted molar refractivity (Wildman–Crippen MR) is 93.2 cm³/mol. The van der Waals surface area contributed by atoms with Crippen LogP contribution < -0.4 is 10.1 Å². The summed E-state index contributed by atoms with van der Waals surface area (Å²) in [6.45, 7) is 0.0273. The summed E-state index contributed by atoms with van der Waals surface area (Å²) >= 11 is 6.15. The van der Waals surface area contributed by atoms with Gasteiger partial charge in [-0.3, -0.25) is 9.78 Å². The van der Waals surface area contributed by atoms with E-state index in [0.29, 0.717) is 16.3 Å². The molecule has 2 N–H and O–H groups in total. The van der Waals surface area contributed by atoms with Crippen LogP contribution in [0.25, 0.3) is 10.9 Å². The first kappa shape index (κ1) is 17.0. The second kappa shape index (κ2) is 7.81. The molecule has 0 spiro atoms. The molecule has 128 valence electrons. The van der Waals surface area contributed by atoms with Crippen LogP contribution in [0.4, 0.5) is 0 Å². The van der Waals surface area contributed by atoms with Crippen LogP contribution in [0.5, 0.6) is 5.75 Å². The number of carbonyl (C=O) groups is 1. The fourth-order valence-electron chi connectivity index (χ4n) is 3.24. The minimum Gasteiger partial charge on any atom is -0.481 e. The van der Waals surface area contributed by atoms with Crippen molar-refractivity contribution in [3.05, 3.63) is 35.5 Å². The molecule has 0 bridgehead atoms. The number of hydrogen-bond acceptors (Lipinski definition) is 4. The first-order valence-corrected chi connectivity index (χ1v) is 8.63. The maximum Gasteiger partial charge on any atom is 0.258 e. The zero-order chi connectivity index (χ0) is 16.9. The molecule has 1 aromatic heterocycles. The molecule has 3 rings (SSSR count). The molecule has 1 aliphatic rings. The van der Waals surface area contributed by atoms with Crippen LogP contribution in [-0.2, 0) is 4.79 Å². The van der Waals surface area contributed by atoms with Crippen LogP contribution in [0.1, 0.15) is 25.7 Å². The first-order valence-electron chi connectivity index (χ1n) is 8.25. The molecule has 1 aromatic carbocycles. The predicted octanol–water partition coefficient (Wildman–Crippen LogP) is 2.93. The van der Waals surface area contributed by atoms with Gasteiger partial charge >= 0.3 is 0 Å². The van der Waals surface area contributed by atoms with E-state index in [4.69, 9.17) is 16.3 Å². The number of amides is 1. The first-order chi connectivity index (χ1) is 11.7. The Morgan fingerprint density at radius 1 is 1.33 bits per heavy atom. The number of pyridine rings is 1. The lowest BCUT2D eigenvalue weighted by molar-refractivity contribution is -0.124. The van der Waals surface area contributed by atoms with Crippen molar-refractivity contribution in [1.82, 2.24) is 10.3 Å². The Kier molecular flexibility index (Phi) is 5.53. The highest BCUT2D eigenvalue weighted by molar-refractivity contribution is 6.35. The van der Waals surface area contributed by atoms with Gasteiger partial charge < -0.3 is 15.2 Å². The Morgan fingerprint density at radius 2 is 2.17 bits per heavy atom. The number of aliphatic hydroxyl groups is 1. The summed E-state index contributed by atoms with van der Waals surface area (Å²) in [5, 5.41) is 13.8. The molecule has 1 aliphatic carbocycles. The summed E-state index contributed by atoms with van der Waals surface area (Å²) < 4.78 is 5.65. The molecule has 1 amide bonds. The highest BCUT2D eigenvalue weighted by Gasteiger charge is 2.25. The maximum absolute atomic E-state index is 12.2. The van der Waals surface area contributed by atoms with Gasteiger partial charge in [0.2, 0.25) is 0 Å². The number of benzene rings is 1. The molecule has 0 saturated heterocycles. The van der Waals surface area contributed by atoms with Gasteiger partial charge in [-0.25, -0.2) is 0 Å². The molecule has 6 heteroatoms. The number of aromatic nitrogens is 1. The van der Waals surface area contributed by atoms with Crippen molar-refractivity contribution in [2.24, 2.45) is 5.92 Å². The van der Waals surface area contributed by atoms with Crippen molar-refractivity contribution in [2.45, 2.75) is 31.7 Å². The van der Waals surface area contributed by atoms with E-state index in [1.807, 2.05) is 12.1 Å².